The second-order valence-corrected chi connectivity index (χ2v) is 7.09. The third-order valence-corrected chi connectivity index (χ3v) is 5.09. The topological polar surface area (TPSA) is 106 Å². The monoisotopic (exact) mass is 436 g/mol. The van der Waals surface area contributed by atoms with Crippen LogP contribution in [0.5, 0.6) is 11.5 Å². The Balaban J connectivity index is 1.66. The lowest BCUT2D eigenvalue weighted by molar-refractivity contribution is -0.140. The first-order chi connectivity index (χ1) is 15.6. The number of benzene rings is 1. The van der Waals surface area contributed by atoms with Crippen molar-refractivity contribution in [2.75, 3.05) is 33.9 Å². The zero-order valence-corrected chi connectivity index (χ0v) is 17.9. The summed E-state index contributed by atoms with van der Waals surface area (Å²) in [6.45, 7) is 1.61. The average Bonchev–Trinajstić information content (AvgIpc) is 3.32. The summed E-state index contributed by atoms with van der Waals surface area (Å²) in [5.41, 5.74) is 1.86. The minimum atomic E-state index is -0.279. The molecule has 0 amide bonds. The molecule has 2 aliphatic heterocycles. The molecule has 32 heavy (non-hydrogen) atoms. The molecule has 0 radical (unpaired) electrons. The molecule has 0 aliphatic carbocycles. The average molecular weight is 436 g/mol. The van der Waals surface area contributed by atoms with Gasteiger partial charge in [0.2, 0.25) is 0 Å². The van der Waals surface area contributed by atoms with Gasteiger partial charge in [0.1, 0.15) is 28.8 Å². The number of amidine groups is 2. The molecule has 0 saturated carbocycles. The zero-order valence-electron chi connectivity index (χ0n) is 17.9. The SMILES string of the molecule is COC(=O)CCCOc1ccc2c(c1OC)N=C(C=C(O)c1ccccn1)N1CCN=C21. The molecule has 0 atom stereocenters. The minimum Gasteiger partial charge on any atom is -0.506 e. The van der Waals surface area contributed by atoms with Crippen molar-refractivity contribution in [1.29, 1.82) is 0 Å². The van der Waals surface area contributed by atoms with Gasteiger partial charge in [0, 0.05) is 30.8 Å². The fraction of sp³-hybridized carbons (Fsp3) is 0.304. The maximum atomic E-state index is 11.3. The first-order valence-corrected chi connectivity index (χ1v) is 10.3. The van der Waals surface area contributed by atoms with E-state index in [0.717, 1.165) is 11.4 Å². The minimum absolute atomic E-state index is 0.00762. The van der Waals surface area contributed by atoms with Gasteiger partial charge in [0.25, 0.3) is 0 Å². The number of aliphatic hydroxyl groups is 1. The van der Waals surface area contributed by atoms with Crippen LogP contribution in [0.2, 0.25) is 0 Å². The van der Waals surface area contributed by atoms with Crippen molar-refractivity contribution in [1.82, 2.24) is 9.88 Å². The number of fused-ring (bicyclic) bond motifs is 3. The Morgan fingerprint density at radius 3 is 2.88 bits per heavy atom. The van der Waals surface area contributed by atoms with Gasteiger partial charge in [-0.3, -0.25) is 14.8 Å². The summed E-state index contributed by atoms with van der Waals surface area (Å²) in [6, 6.07) is 9.03. The van der Waals surface area contributed by atoms with Crippen LogP contribution in [0.1, 0.15) is 24.1 Å². The van der Waals surface area contributed by atoms with Crippen molar-refractivity contribution >= 4 is 29.1 Å². The highest BCUT2D eigenvalue weighted by molar-refractivity contribution is 6.20. The maximum absolute atomic E-state index is 11.3. The Bertz CT molecular complexity index is 1100. The Morgan fingerprint density at radius 1 is 1.25 bits per heavy atom. The highest BCUT2D eigenvalue weighted by Gasteiger charge is 2.32. The van der Waals surface area contributed by atoms with Gasteiger partial charge in [0.15, 0.2) is 11.5 Å². The normalized spacial score (nSPS) is 14.8. The number of pyridine rings is 1. The number of hydrogen-bond acceptors (Lipinski definition) is 9. The molecule has 0 unspecified atom stereocenters. The highest BCUT2D eigenvalue weighted by Crippen LogP contribution is 2.43. The van der Waals surface area contributed by atoms with Gasteiger partial charge in [0.05, 0.1) is 27.4 Å². The van der Waals surface area contributed by atoms with Crippen molar-refractivity contribution in [2.24, 2.45) is 9.98 Å². The van der Waals surface area contributed by atoms with Gasteiger partial charge in [-0.2, -0.15) is 0 Å². The van der Waals surface area contributed by atoms with Gasteiger partial charge in [-0.25, -0.2) is 4.99 Å². The van der Waals surface area contributed by atoms with Crippen molar-refractivity contribution < 1.29 is 24.1 Å². The van der Waals surface area contributed by atoms with Crippen LogP contribution >= 0.6 is 0 Å². The van der Waals surface area contributed by atoms with E-state index >= 15 is 0 Å². The van der Waals surface area contributed by atoms with Crippen molar-refractivity contribution in [3.8, 4) is 11.5 Å². The smallest absolute Gasteiger partial charge is 0.305 e. The molecule has 1 aromatic heterocycles. The van der Waals surface area contributed by atoms with Crippen LogP contribution in [0.15, 0.2) is 52.6 Å². The molecule has 1 N–H and O–H groups in total. The summed E-state index contributed by atoms with van der Waals surface area (Å²) in [6.07, 6.45) is 3.99. The van der Waals surface area contributed by atoms with Crippen LogP contribution < -0.4 is 9.47 Å². The summed E-state index contributed by atoms with van der Waals surface area (Å²) in [4.78, 5) is 26.8. The van der Waals surface area contributed by atoms with E-state index in [4.69, 9.17) is 14.5 Å². The van der Waals surface area contributed by atoms with E-state index in [9.17, 15) is 9.90 Å². The maximum Gasteiger partial charge on any atom is 0.305 e. The molecule has 0 saturated heterocycles. The molecule has 166 valence electrons. The van der Waals surface area contributed by atoms with Crippen LogP contribution in [-0.4, -0.2) is 66.5 Å². The summed E-state index contributed by atoms with van der Waals surface area (Å²) in [5, 5.41) is 10.6. The standard InChI is InChI=1S/C23H24N4O5/c1-30-20(29)7-5-13-32-18-9-8-15-21(22(18)31-2)26-19(27-12-11-25-23(15)27)14-17(28)16-6-3-4-10-24-16/h3-4,6,8-10,14,28H,5,7,11-13H2,1-2H3. The number of methoxy groups -OCH3 is 2. The number of carbonyl (C=O) groups excluding carboxylic acids is 1. The molecule has 9 nitrogen and oxygen atoms in total. The zero-order chi connectivity index (χ0) is 22.5. The molecule has 0 bridgehead atoms. The first kappa shape index (κ1) is 21.4. The predicted molar refractivity (Wildman–Crippen MR) is 120 cm³/mol. The molecule has 2 aromatic rings. The van der Waals surface area contributed by atoms with Crippen molar-refractivity contribution in [2.45, 2.75) is 12.8 Å². The second kappa shape index (κ2) is 9.51. The van der Waals surface area contributed by atoms with Crippen LogP contribution in [0.4, 0.5) is 5.69 Å². The molecule has 4 rings (SSSR count). The molecular formula is C23H24N4O5. The van der Waals surface area contributed by atoms with Gasteiger partial charge < -0.3 is 24.2 Å². The number of aliphatic hydroxyl groups excluding tert-OH is 1. The van der Waals surface area contributed by atoms with Gasteiger partial charge >= 0.3 is 5.97 Å². The lowest BCUT2D eigenvalue weighted by atomic mass is 10.1. The Labute approximate surface area is 185 Å². The number of aliphatic imine (C=N–C) groups is 2. The van der Waals surface area contributed by atoms with Gasteiger partial charge in [-0.15, -0.1) is 0 Å². The van der Waals surface area contributed by atoms with Crippen molar-refractivity contribution in [3.63, 3.8) is 0 Å². The highest BCUT2D eigenvalue weighted by atomic mass is 16.5. The quantitative estimate of drug-likeness (QED) is 0.385. The molecule has 1 aromatic carbocycles. The van der Waals surface area contributed by atoms with E-state index in [1.54, 1.807) is 37.6 Å². The molecule has 0 fully saturated rings. The number of aromatic nitrogens is 1. The van der Waals surface area contributed by atoms with E-state index in [0.29, 0.717) is 54.8 Å². The second-order valence-electron chi connectivity index (χ2n) is 7.09. The van der Waals surface area contributed by atoms with E-state index in [2.05, 4.69) is 14.7 Å². The van der Waals surface area contributed by atoms with Crippen LogP contribution in [0, 0.1) is 0 Å². The Hall–Kier alpha value is -3.88. The number of carbonyl (C=O) groups is 1. The van der Waals surface area contributed by atoms with E-state index in [-0.39, 0.29) is 18.1 Å². The molecule has 0 spiro atoms. The third kappa shape index (κ3) is 4.27. The van der Waals surface area contributed by atoms with Gasteiger partial charge in [-0.05, 0) is 30.7 Å². The number of nitrogens with zero attached hydrogens (tertiary/aromatic N) is 4. The summed E-state index contributed by atoms with van der Waals surface area (Å²) >= 11 is 0. The largest absolute Gasteiger partial charge is 0.506 e. The molecule has 9 heteroatoms. The van der Waals surface area contributed by atoms with Crippen LogP contribution in [0.3, 0.4) is 0 Å². The number of rotatable bonds is 8. The fourth-order valence-electron chi connectivity index (χ4n) is 3.55. The number of esters is 1. The van der Waals surface area contributed by atoms with E-state index < -0.39 is 0 Å². The third-order valence-electron chi connectivity index (χ3n) is 5.09. The fourth-order valence-corrected chi connectivity index (χ4v) is 3.55. The molecule has 3 heterocycles. The number of ether oxygens (including phenoxy) is 3. The van der Waals surface area contributed by atoms with E-state index in [1.807, 2.05) is 17.0 Å². The first-order valence-electron chi connectivity index (χ1n) is 10.3. The lowest BCUT2D eigenvalue weighted by Gasteiger charge is -2.27. The van der Waals surface area contributed by atoms with Gasteiger partial charge in [-0.1, -0.05) is 6.07 Å². The number of hydrogen-bond donors (Lipinski definition) is 1. The van der Waals surface area contributed by atoms with Crippen LogP contribution in [-0.2, 0) is 9.53 Å². The summed E-state index contributed by atoms with van der Waals surface area (Å²) in [5.74, 6) is 2.03. The Morgan fingerprint density at radius 2 is 2.12 bits per heavy atom. The van der Waals surface area contributed by atoms with Crippen molar-refractivity contribution in [3.05, 3.63) is 53.9 Å². The van der Waals surface area contributed by atoms with E-state index in [1.165, 1.54) is 7.11 Å². The summed E-state index contributed by atoms with van der Waals surface area (Å²) < 4.78 is 16.1. The molecule has 2 aliphatic rings. The Kier molecular flexibility index (Phi) is 6.34. The van der Waals surface area contributed by atoms with Crippen LogP contribution in [0.25, 0.3) is 5.76 Å². The summed E-state index contributed by atoms with van der Waals surface area (Å²) in [7, 11) is 2.91. The predicted octanol–water partition coefficient (Wildman–Crippen LogP) is 3.13. The molecular weight excluding hydrogens is 412 g/mol. The lowest BCUT2D eigenvalue weighted by Crippen LogP contribution is -2.36.